The average Bonchev–Trinajstić information content (AvgIpc) is 2.91. The molecule has 7 heteroatoms. The minimum absolute atomic E-state index is 0.112. The number of carboxylic acids is 1. The van der Waals surface area contributed by atoms with Gasteiger partial charge in [0.25, 0.3) is 5.91 Å². The van der Waals surface area contributed by atoms with Gasteiger partial charge in [-0.15, -0.1) is 0 Å². The Morgan fingerprint density at radius 3 is 2.35 bits per heavy atom. The Kier molecular flexibility index (Phi) is 3.95. The largest absolute Gasteiger partial charge is 0.503 e. The number of carboxylic acid groups (broad SMARTS) is 1. The minimum atomic E-state index is -1.24. The molecule has 0 radical (unpaired) electrons. The quantitative estimate of drug-likeness (QED) is 0.876. The summed E-state index contributed by atoms with van der Waals surface area (Å²) in [6, 6.07) is 0.304. The Balaban J connectivity index is 1.97. The molecule has 0 bridgehead atoms. The number of hydrogen-bond acceptors (Lipinski definition) is 3. The lowest BCUT2D eigenvalue weighted by Crippen LogP contribution is -2.46. The molecule has 1 amide bonds. The lowest BCUT2D eigenvalue weighted by Gasteiger charge is -2.33. The fourth-order valence-corrected chi connectivity index (χ4v) is 3.81. The summed E-state index contributed by atoms with van der Waals surface area (Å²) in [6.07, 6.45) is 3.82. The molecule has 1 saturated heterocycles. The Hall–Kier alpha value is -2.18. The van der Waals surface area contributed by atoms with E-state index in [9.17, 15) is 23.5 Å². The number of carbonyl (C=O) groups is 2. The first kappa shape index (κ1) is 15.7. The van der Waals surface area contributed by atoms with Gasteiger partial charge >= 0.3 is 5.97 Å². The van der Waals surface area contributed by atoms with E-state index in [1.807, 2.05) is 0 Å². The van der Waals surface area contributed by atoms with E-state index in [1.54, 1.807) is 0 Å². The first-order valence-electron chi connectivity index (χ1n) is 7.63. The van der Waals surface area contributed by atoms with Crippen LogP contribution >= 0.6 is 0 Å². The monoisotopic (exact) mass is 325 g/mol. The lowest BCUT2D eigenvalue weighted by atomic mass is 9.84. The van der Waals surface area contributed by atoms with Gasteiger partial charge in [-0.2, -0.15) is 0 Å². The molecule has 2 aliphatic rings. The van der Waals surface area contributed by atoms with Crippen molar-refractivity contribution in [2.75, 3.05) is 0 Å². The predicted octanol–water partition coefficient (Wildman–Crippen LogP) is 2.53. The molecular weight excluding hydrogens is 308 g/mol. The minimum Gasteiger partial charge on any atom is -0.503 e. The highest BCUT2D eigenvalue weighted by Crippen LogP contribution is 2.40. The zero-order valence-electron chi connectivity index (χ0n) is 12.3. The van der Waals surface area contributed by atoms with E-state index in [4.69, 9.17) is 5.11 Å². The lowest BCUT2D eigenvalue weighted by molar-refractivity contribution is -0.141. The van der Waals surface area contributed by atoms with Crippen LogP contribution in [0, 0.1) is 17.6 Å². The molecule has 2 N–H and O–H groups in total. The molecule has 3 unspecified atom stereocenters. The molecule has 1 aromatic rings. The summed E-state index contributed by atoms with van der Waals surface area (Å²) in [5, 5.41) is 18.5. The maximum atomic E-state index is 13.5. The first-order valence-corrected chi connectivity index (χ1v) is 7.63. The summed E-state index contributed by atoms with van der Waals surface area (Å²) in [5.74, 6) is -5.31. The van der Waals surface area contributed by atoms with Crippen molar-refractivity contribution in [2.45, 2.75) is 44.2 Å². The highest BCUT2D eigenvalue weighted by atomic mass is 19.1. The Morgan fingerprint density at radius 2 is 1.74 bits per heavy atom. The average molecular weight is 325 g/mol. The van der Waals surface area contributed by atoms with Crippen LogP contribution in [0.15, 0.2) is 12.1 Å². The Labute approximate surface area is 131 Å². The molecule has 1 saturated carbocycles. The maximum Gasteiger partial charge on any atom is 0.326 e. The van der Waals surface area contributed by atoms with E-state index in [1.165, 1.54) is 4.90 Å². The van der Waals surface area contributed by atoms with Gasteiger partial charge in [0.2, 0.25) is 0 Å². The maximum absolute atomic E-state index is 13.5. The summed E-state index contributed by atoms with van der Waals surface area (Å²) in [7, 11) is 0. The van der Waals surface area contributed by atoms with Crippen molar-refractivity contribution in [3.63, 3.8) is 0 Å². The Bertz CT molecular complexity index is 640. The number of amides is 1. The summed E-state index contributed by atoms with van der Waals surface area (Å²) in [5.41, 5.74) is -0.282. The Morgan fingerprint density at radius 1 is 1.13 bits per heavy atom. The molecule has 23 heavy (non-hydrogen) atoms. The number of fused-ring (bicyclic) bond motifs is 1. The van der Waals surface area contributed by atoms with Gasteiger partial charge in [0.05, 0.1) is 0 Å². The summed E-state index contributed by atoms with van der Waals surface area (Å²) < 4.78 is 27.0. The highest BCUT2D eigenvalue weighted by molar-refractivity contribution is 5.97. The van der Waals surface area contributed by atoms with Crippen LogP contribution in [0.5, 0.6) is 5.75 Å². The van der Waals surface area contributed by atoms with E-state index in [0.29, 0.717) is 12.8 Å². The molecular formula is C16H17F2NO4. The topological polar surface area (TPSA) is 77.8 Å². The molecule has 3 rings (SSSR count). The zero-order valence-corrected chi connectivity index (χ0v) is 12.3. The van der Waals surface area contributed by atoms with Crippen LogP contribution in [0.3, 0.4) is 0 Å². The summed E-state index contributed by atoms with van der Waals surface area (Å²) in [4.78, 5) is 25.4. The molecule has 1 heterocycles. The first-order chi connectivity index (χ1) is 10.9. The van der Waals surface area contributed by atoms with E-state index < -0.39 is 35.3 Å². The van der Waals surface area contributed by atoms with Crippen LogP contribution < -0.4 is 0 Å². The van der Waals surface area contributed by atoms with Crippen molar-refractivity contribution < 1.29 is 28.6 Å². The van der Waals surface area contributed by atoms with Crippen LogP contribution in [-0.2, 0) is 4.79 Å². The normalized spacial score (nSPS) is 26.9. The standard InChI is InChI=1S/C16H17F2NO4/c17-10-5-9(6-11(18)14(10)20)15(21)19-12-4-2-1-3-8(12)7-13(19)16(22)23/h5-6,8,12-13,20H,1-4,7H2,(H,22,23). The summed E-state index contributed by atoms with van der Waals surface area (Å²) >= 11 is 0. The number of rotatable bonds is 2. The third kappa shape index (κ3) is 2.64. The molecule has 2 fully saturated rings. The van der Waals surface area contributed by atoms with Gasteiger partial charge in [-0.05, 0) is 37.3 Å². The van der Waals surface area contributed by atoms with Crippen LogP contribution in [0.1, 0.15) is 42.5 Å². The number of halogens is 2. The smallest absolute Gasteiger partial charge is 0.326 e. The number of benzene rings is 1. The second kappa shape index (κ2) is 5.79. The summed E-state index contributed by atoms with van der Waals surface area (Å²) in [6.45, 7) is 0. The van der Waals surface area contributed by atoms with Gasteiger partial charge in [-0.25, -0.2) is 13.6 Å². The van der Waals surface area contributed by atoms with Crippen molar-refractivity contribution in [2.24, 2.45) is 5.92 Å². The van der Waals surface area contributed by atoms with Crippen LogP contribution in [-0.4, -0.2) is 39.1 Å². The number of aliphatic carboxylic acids is 1. The number of hydrogen-bond donors (Lipinski definition) is 2. The SMILES string of the molecule is O=C(O)C1CC2CCCCC2N1C(=O)c1cc(F)c(O)c(F)c1. The number of phenols is 1. The molecule has 1 aromatic carbocycles. The zero-order chi connectivity index (χ0) is 16.7. The van der Waals surface area contributed by atoms with E-state index in [-0.39, 0.29) is 17.5 Å². The molecule has 0 aromatic heterocycles. The van der Waals surface area contributed by atoms with Crippen molar-refractivity contribution in [3.8, 4) is 5.75 Å². The van der Waals surface area contributed by atoms with Gasteiger partial charge in [0.1, 0.15) is 6.04 Å². The van der Waals surface area contributed by atoms with E-state index in [2.05, 4.69) is 0 Å². The van der Waals surface area contributed by atoms with Crippen LogP contribution in [0.2, 0.25) is 0 Å². The molecule has 124 valence electrons. The molecule has 1 aliphatic heterocycles. The molecule has 0 spiro atoms. The van der Waals surface area contributed by atoms with Gasteiger partial charge in [0, 0.05) is 11.6 Å². The van der Waals surface area contributed by atoms with Crippen molar-refractivity contribution in [1.29, 1.82) is 0 Å². The third-order valence-electron chi connectivity index (χ3n) is 4.87. The number of likely N-dealkylation sites (tertiary alicyclic amines) is 1. The molecule has 3 atom stereocenters. The highest BCUT2D eigenvalue weighted by Gasteiger charge is 2.47. The fourth-order valence-electron chi connectivity index (χ4n) is 3.81. The van der Waals surface area contributed by atoms with E-state index >= 15 is 0 Å². The van der Waals surface area contributed by atoms with Gasteiger partial charge < -0.3 is 15.1 Å². The molecule has 1 aliphatic carbocycles. The number of phenolic OH excluding ortho intramolecular Hbond substituents is 1. The van der Waals surface area contributed by atoms with Crippen LogP contribution in [0.4, 0.5) is 8.78 Å². The van der Waals surface area contributed by atoms with Crippen LogP contribution in [0.25, 0.3) is 0 Å². The van der Waals surface area contributed by atoms with Gasteiger partial charge in [-0.3, -0.25) is 4.79 Å². The van der Waals surface area contributed by atoms with Gasteiger partial charge in [0.15, 0.2) is 17.4 Å². The predicted molar refractivity (Wildman–Crippen MR) is 76.0 cm³/mol. The second-order valence-electron chi connectivity index (χ2n) is 6.20. The third-order valence-corrected chi connectivity index (χ3v) is 4.87. The number of aromatic hydroxyl groups is 1. The number of nitrogens with zero attached hydrogens (tertiary/aromatic N) is 1. The van der Waals surface area contributed by atoms with Crippen molar-refractivity contribution in [1.82, 2.24) is 4.90 Å². The van der Waals surface area contributed by atoms with Crippen molar-refractivity contribution in [3.05, 3.63) is 29.3 Å². The number of carbonyl (C=O) groups excluding carboxylic acids is 1. The van der Waals surface area contributed by atoms with E-state index in [0.717, 1.165) is 31.4 Å². The van der Waals surface area contributed by atoms with Gasteiger partial charge in [-0.1, -0.05) is 12.8 Å². The molecule has 5 nitrogen and oxygen atoms in total. The second-order valence-corrected chi connectivity index (χ2v) is 6.20. The van der Waals surface area contributed by atoms with Crippen molar-refractivity contribution >= 4 is 11.9 Å². The fraction of sp³-hybridized carbons (Fsp3) is 0.500.